The molecule has 106 valence electrons. The molecule has 2 aromatic rings. The lowest BCUT2D eigenvalue weighted by Crippen LogP contribution is -2.40. The molecule has 2 N–H and O–H groups in total. The molecule has 0 unspecified atom stereocenters. The highest BCUT2D eigenvalue weighted by molar-refractivity contribution is 5.93. The zero-order valence-electron chi connectivity index (χ0n) is 11.0. The molecule has 0 aliphatic rings. The third kappa shape index (κ3) is 2.87. The van der Waals surface area contributed by atoms with Crippen molar-refractivity contribution in [1.29, 1.82) is 0 Å². The highest BCUT2D eigenvalue weighted by Crippen LogP contribution is 2.00. The Morgan fingerprint density at radius 3 is 2.90 bits per heavy atom. The molecule has 0 bridgehead atoms. The summed E-state index contributed by atoms with van der Waals surface area (Å²) in [6.45, 7) is 2.36. The Morgan fingerprint density at radius 1 is 1.45 bits per heavy atom. The summed E-state index contributed by atoms with van der Waals surface area (Å²) in [5, 5.41) is 2.60. The first kappa shape index (κ1) is 13.9. The number of carbonyl (C=O) groups is 1. The third-order valence-corrected chi connectivity index (χ3v) is 2.73. The molecule has 7 nitrogen and oxygen atoms in total. The van der Waals surface area contributed by atoms with Crippen molar-refractivity contribution < 1.29 is 9.21 Å². The van der Waals surface area contributed by atoms with Gasteiger partial charge in [-0.25, -0.2) is 4.79 Å². The lowest BCUT2D eigenvalue weighted by molar-refractivity contribution is 0.0951. The monoisotopic (exact) mass is 277 g/mol. The van der Waals surface area contributed by atoms with Crippen LogP contribution in [-0.2, 0) is 6.54 Å². The maximum Gasteiger partial charge on any atom is 0.328 e. The van der Waals surface area contributed by atoms with Crippen LogP contribution in [-0.4, -0.2) is 22.0 Å². The number of aromatic amines is 1. The topological polar surface area (TPSA) is 97.1 Å². The highest BCUT2D eigenvalue weighted by atomic mass is 16.3. The van der Waals surface area contributed by atoms with E-state index in [1.165, 1.54) is 6.26 Å². The minimum Gasteiger partial charge on any atom is -0.467 e. The van der Waals surface area contributed by atoms with E-state index in [0.717, 1.165) is 17.2 Å². The maximum absolute atomic E-state index is 12.2. The first-order valence-corrected chi connectivity index (χ1v) is 6.26. The normalized spacial score (nSPS) is 10.4. The van der Waals surface area contributed by atoms with Gasteiger partial charge in [0.15, 0.2) is 0 Å². The Labute approximate surface area is 114 Å². The summed E-state index contributed by atoms with van der Waals surface area (Å²) in [4.78, 5) is 38.1. The Morgan fingerprint density at radius 2 is 2.25 bits per heavy atom. The molecular formula is C13H15N3O4. The van der Waals surface area contributed by atoms with Crippen LogP contribution in [0.2, 0.25) is 0 Å². The molecule has 0 radical (unpaired) electrons. The lowest BCUT2D eigenvalue weighted by Gasteiger charge is -2.06. The molecule has 0 saturated carbocycles. The van der Waals surface area contributed by atoms with Crippen LogP contribution in [0.15, 0.2) is 38.6 Å². The summed E-state index contributed by atoms with van der Waals surface area (Å²) in [7, 11) is 0. The first-order chi connectivity index (χ1) is 9.63. The second kappa shape index (κ2) is 6.05. The summed E-state index contributed by atoms with van der Waals surface area (Å²) in [6, 6.07) is 3.31. The van der Waals surface area contributed by atoms with Crippen molar-refractivity contribution in [3.8, 4) is 0 Å². The standard InChI is InChI=1S/C13H15N3O4/c1-2-5-14-11(17)10-7-15-13(19)16(12(10)18)8-9-4-3-6-20-9/h3-4,6-7H,2,5,8H2,1H3,(H,14,17)(H,15,19). The number of carbonyl (C=O) groups excluding carboxylic acids is 1. The van der Waals surface area contributed by atoms with Gasteiger partial charge in [-0.05, 0) is 18.6 Å². The van der Waals surface area contributed by atoms with Gasteiger partial charge in [0.05, 0.1) is 12.8 Å². The first-order valence-electron chi connectivity index (χ1n) is 6.26. The van der Waals surface area contributed by atoms with Crippen LogP contribution in [0, 0.1) is 0 Å². The average Bonchev–Trinajstić information content (AvgIpc) is 2.94. The second-order valence-electron chi connectivity index (χ2n) is 4.23. The number of furan rings is 1. The van der Waals surface area contributed by atoms with Gasteiger partial charge in [0.1, 0.15) is 11.3 Å². The number of rotatable bonds is 5. The van der Waals surface area contributed by atoms with E-state index < -0.39 is 17.2 Å². The van der Waals surface area contributed by atoms with Gasteiger partial charge in [0.2, 0.25) is 0 Å². The van der Waals surface area contributed by atoms with E-state index in [2.05, 4.69) is 10.3 Å². The van der Waals surface area contributed by atoms with Gasteiger partial charge in [0, 0.05) is 12.7 Å². The molecule has 2 rings (SSSR count). The predicted octanol–water partition coefficient (Wildman–Crippen LogP) is 0.318. The molecule has 2 heterocycles. The van der Waals surface area contributed by atoms with Crippen LogP contribution in [0.25, 0.3) is 0 Å². The van der Waals surface area contributed by atoms with Gasteiger partial charge in [-0.2, -0.15) is 0 Å². The van der Waals surface area contributed by atoms with E-state index in [-0.39, 0.29) is 12.1 Å². The molecule has 0 aliphatic heterocycles. The third-order valence-electron chi connectivity index (χ3n) is 2.73. The second-order valence-corrected chi connectivity index (χ2v) is 4.23. The summed E-state index contributed by atoms with van der Waals surface area (Å²) < 4.78 is 6.03. The number of amides is 1. The van der Waals surface area contributed by atoms with Crippen molar-refractivity contribution in [3.05, 3.63) is 56.8 Å². The van der Waals surface area contributed by atoms with Gasteiger partial charge >= 0.3 is 5.69 Å². The lowest BCUT2D eigenvalue weighted by atomic mass is 10.3. The van der Waals surface area contributed by atoms with Crippen LogP contribution >= 0.6 is 0 Å². The molecule has 0 fully saturated rings. The number of nitrogens with zero attached hydrogens (tertiary/aromatic N) is 1. The summed E-state index contributed by atoms with van der Waals surface area (Å²) in [6.07, 6.45) is 3.34. The van der Waals surface area contributed by atoms with Crippen molar-refractivity contribution in [1.82, 2.24) is 14.9 Å². The Balaban J connectivity index is 2.35. The molecule has 20 heavy (non-hydrogen) atoms. The Hall–Kier alpha value is -2.57. The summed E-state index contributed by atoms with van der Waals surface area (Å²) in [5.41, 5.74) is -1.32. The van der Waals surface area contributed by atoms with Crippen LogP contribution in [0.5, 0.6) is 0 Å². The molecule has 0 aliphatic carbocycles. The van der Waals surface area contributed by atoms with E-state index in [1.54, 1.807) is 12.1 Å². The number of nitrogens with one attached hydrogen (secondary N) is 2. The fourth-order valence-electron chi connectivity index (χ4n) is 1.71. The molecular weight excluding hydrogens is 262 g/mol. The Bertz CT molecular complexity index is 697. The number of H-pyrrole nitrogens is 1. The fraction of sp³-hybridized carbons (Fsp3) is 0.308. The summed E-state index contributed by atoms with van der Waals surface area (Å²) >= 11 is 0. The minimum atomic E-state index is -0.640. The zero-order chi connectivity index (χ0) is 14.5. The van der Waals surface area contributed by atoms with E-state index in [1.807, 2.05) is 6.92 Å². The quantitative estimate of drug-likeness (QED) is 0.822. The molecule has 7 heteroatoms. The number of hydrogen-bond acceptors (Lipinski definition) is 4. The molecule has 0 spiro atoms. The van der Waals surface area contributed by atoms with Gasteiger partial charge in [-0.3, -0.25) is 14.2 Å². The van der Waals surface area contributed by atoms with E-state index in [9.17, 15) is 14.4 Å². The average molecular weight is 277 g/mol. The summed E-state index contributed by atoms with van der Waals surface area (Å²) in [5.74, 6) is -0.0370. The van der Waals surface area contributed by atoms with Crippen molar-refractivity contribution in [2.45, 2.75) is 19.9 Å². The van der Waals surface area contributed by atoms with Gasteiger partial charge in [0.25, 0.3) is 11.5 Å². The molecule has 0 saturated heterocycles. The number of hydrogen-bond donors (Lipinski definition) is 2. The molecule has 1 amide bonds. The van der Waals surface area contributed by atoms with Crippen LogP contribution in [0.3, 0.4) is 0 Å². The van der Waals surface area contributed by atoms with E-state index >= 15 is 0 Å². The van der Waals surface area contributed by atoms with Crippen LogP contribution in [0.1, 0.15) is 29.5 Å². The van der Waals surface area contributed by atoms with Crippen molar-refractivity contribution in [2.24, 2.45) is 0 Å². The Kier molecular flexibility index (Phi) is 4.19. The minimum absolute atomic E-state index is 0.0178. The van der Waals surface area contributed by atoms with E-state index in [0.29, 0.717) is 12.3 Å². The predicted molar refractivity (Wildman–Crippen MR) is 71.8 cm³/mol. The SMILES string of the molecule is CCCNC(=O)c1c[nH]c(=O)n(Cc2ccco2)c1=O. The van der Waals surface area contributed by atoms with Crippen molar-refractivity contribution >= 4 is 5.91 Å². The van der Waals surface area contributed by atoms with Gasteiger partial charge < -0.3 is 14.7 Å². The molecule has 0 aromatic carbocycles. The fourth-order valence-corrected chi connectivity index (χ4v) is 1.71. The number of aromatic nitrogens is 2. The van der Waals surface area contributed by atoms with Gasteiger partial charge in [-0.1, -0.05) is 6.92 Å². The van der Waals surface area contributed by atoms with Crippen LogP contribution < -0.4 is 16.6 Å². The largest absolute Gasteiger partial charge is 0.467 e. The smallest absolute Gasteiger partial charge is 0.328 e. The van der Waals surface area contributed by atoms with E-state index in [4.69, 9.17) is 4.42 Å². The molecule has 2 aromatic heterocycles. The van der Waals surface area contributed by atoms with Crippen LogP contribution in [0.4, 0.5) is 0 Å². The zero-order valence-corrected chi connectivity index (χ0v) is 11.0. The maximum atomic E-state index is 12.2. The van der Waals surface area contributed by atoms with Gasteiger partial charge in [-0.15, -0.1) is 0 Å². The molecule has 0 atom stereocenters. The van der Waals surface area contributed by atoms with Crippen molar-refractivity contribution in [3.63, 3.8) is 0 Å². The van der Waals surface area contributed by atoms with Crippen molar-refractivity contribution in [2.75, 3.05) is 6.54 Å². The highest BCUT2D eigenvalue weighted by Gasteiger charge is 2.14.